The first-order valence-electron chi connectivity index (χ1n) is 12.3. The number of aromatic nitrogens is 2. The summed E-state index contributed by atoms with van der Waals surface area (Å²) >= 11 is 0. The number of hydrogen-bond acceptors (Lipinski definition) is 8. The molecule has 13 heteroatoms. The van der Waals surface area contributed by atoms with E-state index in [0.29, 0.717) is 12.1 Å². The number of nitrogens with zero attached hydrogens (tertiary/aromatic N) is 1. The fourth-order valence-corrected chi connectivity index (χ4v) is 3.67. The number of aromatic amines is 1. The third-order valence-corrected chi connectivity index (χ3v) is 6.18. The normalized spacial score (nSPS) is 15.8. The molecule has 1 aromatic heterocycles. The summed E-state index contributed by atoms with van der Waals surface area (Å²) in [7, 11) is 0. The molecule has 6 unspecified atom stereocenters. The van der Waals surface area contributed by atoms with E-state index in [1.54, 1.807) is 19.1 Å². The Kier molecular flexibility index (Phi) is 11.2. The Morgan fingerprint density at radius 2 is 1.61 bits per heavy atom. The third kappa shape index (κ3) is 8.85. The van der Waals surface area contributed by atoms with Gasteiger partial charge >= 0.3 is 5.97 Å². The van der Waals surface area contributed by atoms with Crippen LogP contribution in [0, 0.1) is 5.92 Å². The van der Waals surface area contributed by atoms with Gasteiger partial charge in [-0.05, 0) is 37.0 Å². The van der Waals surface area contributed by atoms with Gasteiger partial charge in [0, 0.05) is 18.3 Å². The smallest absolute Gasteiger partial charge is 0.328 e. The van der Waals surface area contributed by atoms with Crippen molar-refractivity contribution < 1.29 is 34.5 Å². The summed E-state index contributed by atoms with van der Waals surface area (Å²) in [6, 6.07) is 1.38. The molecule has 9 N–H and O–H groups in total. The number of benzene rings is 1. The number of hydrogen-bond donors (Lipinski definition) is 8. The molecule has 0 radical (unpaired) electrons. The Bertz CT molecular complexity index is 1070. The van der Waals surface area contributed by atoms with Crippen LogP contribution in [0.5, 0.6) is 5.75 Å². The van der Waals surface area contributed by atoms with Gasteiger partial charge < -0.3 is 42.0 Å². The van der Waals surface area contributed by atoms with Crippen molar-refractivity contribution in [2.45, 2.75) is 70.3 Å². The molecule has 2 aromatic rings. The number of carbonyl (C=O) groups excluding carboxylic acids is 3. The van der Waals surface area contributed by atoms with Crippen molar-refractivity contribution in [1.29, 1.82) is 0 Å². The lowest BCUT2D eigenvalue weighted by atomic mass is 9.96. The Hall–Kier alpha value is -3.97. The topological polar surface area (TPSA) is 220 Å². The van der Waals surface area contributed by atoms with Gasteiger partial charge in [-0.1, -0.05) is 32.4 Å². The summed E-state index contributed by atoms with van der Waals surface area (Å²) in [4.78, 5) is 57.3. The standard InChI is InChI=1S/C25H36N6O7/c1-4-13(2)20(30-22(34)18(26)9-15-5-7-17(33)8-6-15)24(36)29-19(10-16-11-27-12-28-16)23(35)31-21(14(3)32)25(37)38/h5-8,11-14,18-21,32-33H,4,9-10,26H2,1-3H3,(H,27,28)(H,29,36)(H,30,34)(H,31,35)(H,37,38). The van der Waals surface area contributed by atoms with E-state index in [1.807, 2.05) is 6.92 Å². The van der Waals surface area contributed by atoms with Crippen LogP contribution in [0.4, 0.5) is 0 Å². The summed E-state index contributed by atoms with van der Waals surface area (Å²) < 4.78 is 0. The fourth-order valence-electron chi connectivity index (χ4n) is 3.67. The molecule has 38 heavy (non-hydrogen) atoms. The van der Waals surface area contributed by atoms with Gasteiger partial charge in [0.25, 0.3) is 0 Å². The molecule has 0 aliphatic carbocycles. The Morgan fingerprint density at radius 3 is 2.13 bits per heavy atom. The number of phenols is 1. The maximum Gasteiger partial charge on any atom is 0.328 e. The van der Waals surface area contributed by atoms with Gasteiger partial charge in [0.1, 0.15) is 17.8 Å². The van der Waals surface area contributed by atoms with Crippen LogP contribution >= 0.6 is 0 Å². The predicted molar refractivity (Wildman–Crippen MR) is 137 cm³/mol. The summed E-state index contributed by atoms with van der Waals surface area (Å²) in [6.45, 7) is 4.81. The van der Waals surface area contributed by atoms with Gasteiger partial charge in [-0.15, -0.1) is 0 Å². The molecule has 3 amide bonds. The van der Waals surface area contributed by atoms with Crippen LogP contribution in [0.15, 0.2) is 36.8 Å². The minimum atomic E-state index is -1.59. The van der Waals surface area contributed by atoms with Crippen molar-refractivity contribution in [2.75, 3.05) is 0 Å². The number of H-pyrrole nitrogens is 1. The number of aromatic hydroxyl groups is 1. The molecule has 1 heterocycles. The van der Waals surface area contributed by atoms with Crippen LogP contribution in [0.3, 0.4) is 0 Å². The zero-order valence-corrected chi connectivity index (χ0v) is 21.5. The summed E-state index contributed by atoms with van der Waals surface area (Å²) in [6.07, 6.45) is 2.09. The highest BCUT2D eigenvalue weighted by Gasteiger charge is 2.33. The van der Waals surface area contributed by atoms with Crippen molar-refractivity contribution in [3.63, 3.8) is 0 Å². The Morgan fingerprint density at radius 1 is 0.974 bits per heavy atom. The Labute approximate surface area is 220 Å². The molecule has 2 rings (SSSR count). The molecule has 6 atom stereocenters. The molecule has 0 fully saturated rings. The van der Waals surface area contributed by atoms with Gasteiger partial charge in [-0.25, -0.2) is 9.78 Å². The van der Waals surface area contributed by atoms with E-state index in [4.69, 9.17) is 5.73 Å². The highest BCUT2D eigenvalue weighted by molar-refractivity contribution is 5.94. The molecule has 208 valence electrons. The first-order chi connectivity index (χ1) is 17.9. The molecule has 0 saturated carbocycles. The van der Waals surface area contributed by atoms with E-state index in [1.165, 1.54) is 31.6 Å². The number of aliphatic hydroxyl groups excluding tert-OH is 1. The van der Waals surface area contributed by atoms with E-state index < -0.39 is 54.0 Å². The van der Waals surface area contributed by atoms with E-state index in [-0.39, 0.29) is 24.5 Å². The largest absolute Gasteiger partial charge is 0.508 e. The second kappa shape index (κ2) is 14.1. The summed E-state index contributed by atoms with van der Waals surface area (Å²) in [5.41, 5.74) is 7.28. The summed E-state index contributed by atoms with van der Waals surface area (Å²) in [5.74, 6) is -3.76. The molecular formula is C25H36N6O7. The zero-order chi connectivity index (χ0) is 28.4. The highest BCUT2D eigenvalue weighted by atomic mass is 16.4. The first-order valence-corrected chi connectivity index (χ1v) is 12.3. The van der Waals surface area contributed by atoms with Crippen molar-refractivity contribution in [3.8, 4) is 5.75 Å². The van der Waals surface area contributed by atoms with Crippen LogP contribution in [0.1, 0.15) is 38.4 Å². The molecule has 0 spiro atoms. The van der Waals surface area contributed by atoms with Gasteiger partial charge in [-0.2, -0.15) is 0 Å². The predicted octanol–water partition coefficient (Wildman–Crippen LogP) is -0.806. The lowest BCUT2D eigenvalue weighted by Crippen LogP contribution is -2.60. The molecular weight excluding hydrogens is 496 g/mol. The average molecular weight is 533 g/mol. The third-order valence-electron chi connectivity index (χ3n) is 6.18. The highest BCUT2D eigenvalue weighted by Crippen LogP contribution is 2.13. The lowest BCUT2D eigenvalue weighted by Gasteiger charge is -2.28. The second-order valence-electron chi connectivity index (χ2n) is 9.26. The van der Waals surface area contributed by atoms with Crippen LogP contribution in [-0.2, 0) is 32.0 Å². The molecule has 0 saturated heterocycles. The maximum absolute atomic E-state index is 13.3. The van der Waals surface area contributed by atoms with Crippen LogP contribution in [0.25, 0.3) is 0 Å². The quantitative estimate of drug-likeness (QED) is 0.152. The number of carboxylic acid groups (broad SMARTS) is 1. The number of aliphatic hydroxyl groups is 1. The SMILES string of the molecule is CCC(C)C(NC(=O)C(N)Cc1ccc(O)cc1)C(=O)NC(Cc1cnc[nH]1)C(=O)NC(C(=O)O)C(C)O. The summed E-state index contributed by atoms with van der Waals surface area (Å²) in [5, 5.41) is 36.0. The number of rotatable bonds is 14. The van der Waals surface area contributed by atoms with Gasteiger partial charge in [0.05, 0.1) is 18.5 Å². The van der Waals surface area contributed by atoms with Crippen LogP contribution in [0.2, 0.25) is 0 Å². The van der Waals surface area contributed by atoms with Gasteiger partial charge in [0.2, 0.25) is 17.7 Å². The monoisotopic (exact) mass is 532 g/mol. The van der Waals surface area contributed by atoms with E-state index >= 15 is 0 Å². The number of carboxylic acids is 1. The molecule has 13 nitrogen and oxygen atoms in total. The van der Waals surface area contributed by atoms with Crippen molar-refractivity contribution in [2.24, 2.45) is 11.7 Å². The molecule has 0 bridgehead atoms. The zero-order valence-electron chi connectivity index (χ0n) is 21.5. The van der Waals surface area contributed by atoms with Crippen LogP contribution < -0.4 is 21.7 Å². The van der Waals surface area contributed by atoms with E-state index in [2.05, 4.69) is 25.9 Å². The lowest BCUT2D eigenvalue weighted by molar-refractivity contribution is -0.145. The number of carbonyl (C=O) groups is 4. The maximum atomic E-state index is 13.3. The number of nitrogens with one attached hydrogen (secondary N) is 4. The fraction of sp³-hybridized carbons (Fsp3) is 0.480. The number of imidazole rings is 1. The molecule has 0 aliphatic rings. The van der Waals surface area contributed by atoms with E-state index in [0.717, 1.165) is 5.56 Å². The number of amides is 3. The Balaban J connectivity index is 2.18. The molecule has 1 aromatic carbocycles. The van der Waals surface area contributed by atoms with E-state index in [9.17, 15) is 34.5 Å². The second-order valence-corrected chi connectivity index (χ2v) is 9.26. The van der Waals surface area contributed by atoms with Crippen molar-refractivity contribution >= 4 is 23.7 Å². The average Bonchev–Trinajstić information content (AvgIpc) is 3.38. The van der Waals surface area contributed by atoms with Crippen LogP contribution in [-0.4, -0.2) is 79.2 Å². The first kappa shape index (κ1) is 30.3. The molecule has 0 aliphatic heterocycles. The minimum Gasteiger partial charge on any atom is -0.508 e. The number of aliphatic carboxylic acids is 1. The minimum absolute atomic E-state index is 0.0503. The van der Waals surface area contributed by atoms with Crippen molar-refractivity contribution in [3.05, 3.63) is 48.0 Å². The number of phenolic OH excluding ortho intramolecular Hbond substituents is 1. The van der Waals surface area contributed by atoms with Gasteiger partial charge in [-0.3, -0.25) is 14.4 Å². The van der Waals surface area contributed by atoms with Gasteiger partial charge in [0.15, 0.2) is 6.04 Å². The number of nitrogens with two attached hydrogens (primary N) is 1. The van der Waals surface area contributed by atoms with Crippen molar-refractivity contribution in [1.82, 2.24) is 25.9 Å².